The van der Waals surface area contributed by atoms with Crippen molar-refractivity contribution in [2.75, 3.05) is 13.7 Å². The number of benzene rings is 2. The summed E-state index contributed by atoms with van der Waals surface area (Å²) in [5, 5.41) is 3.11. The van der Waals surface area contributed by atoms with Crippen LogP contribution in [0.4, 0.5) is 0 Å². The third kappa shape index (κ3) is 6.23. The second-order valence-electron chi connectivity index (χ2n) is 8.11. The van der Waals surface area contributed by atoms with Crippen molar-refractivity contribution in [1.29, 1.82) is 0 Å². The maximum Gasteiger partial charge on any atom is 0.261 e. The molecule has 0 bridgehead atoms. The van der Waals surface area contributed by atoms with Crippen LogP contribution >= 0.6 is 0 Å². The molecule has 2 aromatic carbocycles. The van der Waals surface area contributed by atoms with Crippen molar-refractivity contribution in [2.45, 2.75) is 58.2 Å². The maximum absolute atomic E-state index is 13.2. The summed E-state index contributed by atoms with van der Waals surface area (Å²) in [7, 11) is 1.56. The van der Waals surface area contributed by atoms with Gasteiger partial charge in [0, 0.05) is 12.6 Å². The lowest BCUT2D eigenvalue weighted by atomic mass is 10.1. The molecule has 1 fully saturated rings. The van der Waals surface area contributed by atoms with Gasteiger partial charge in [-0.15, -0.1) is 0 Å². The number of ether oxygens (including phenoxy) is 2. The Hall–Kier alpha value is -3.02. The van der Waals surface area contributed by atoms with Gasteiger partial charge in [0.2, 0.25) is 5.91 Å². The first-order chi connectivity index (χ1) is 15.0. The van der Waals surface area contributed by atoms with Crippen LogP contribution < -0.4 is 14.8 Å². The molecule has 2 aromatic rings. The van der Waals surface area contributed by atoms with E-state index in [-0.39, 0.29) is 24.5 Å². The molecule has 6 nitrogen and oxygen atoms in total. The van der Waals surface area contributed by atoms with Crippen LogP contribution in [0.3, 0.4) is 0 Å². The summed E-state index contributed by atoms with van der Waals surface area (Å²) in [4.78, 5) is 27.6. The van der Waals surface area contributed by atoms with E-state index in [0.717, 1.165) is 36.8 Å². The Morgan fingerprint density at radius 2 is 1.71 bits per heavy atom. The predicted octanol–water partition coefficient (Wildman–Crippen LogP) is 3.86. The first kappa shape index (κ1) is 22.7. The van der Waals surface area contributed by atoms with Crippen molar-refractivity contribution >= 4 is 11.8 Å². The molecule has 1 saturated carbocycles. The summed E-state index contributed by atoms with van der Waals surface area (Å²) in [6.07, 6.45) is 4.28. The predicted molar refractivity (Wildman–Crippen MR) is 120 cm³/mol. The second kappa shape index (κ2) is 10.8. The normalized spacial score (nSPS) is 14.7. The highest BCUT2D eigenvalue weighted by Crippen LogP contribution is 2.26. The number of rotatable bonds is 9. The number of carbonyl (C=O) groups excluding carboxylic acids is 2. The summed E-state index contributed by atoms with van der Waals surface area (Å²) >= 11 is 0. The lowest BCUT2D eigenvalue weighted by Gasteiger charge is -2.29. The van der Waals surface area contributed by atoms with Crippen LogP contribution in [0.2, 0.25) is 0 Å². The van der Waals surface area contributed by atoms with E-state index in [2.05, 4.69) is 5.32 Å². The second-order valence-corrected chi connectivity index (χ2v) is 8.11. The largest absolute Gasteiger partial charge is 0.493 e. The number of hydrogen-bond acceptors (Lipinski definition) is 4. The van der Waals surface area contributed by atoms with Gasteiger partial charge in [-0.2, -0.15) is 0 Å². The summed E-state index contributed by atoms with van der Waals surface area (Å²) in [6.45, 7) is 3.96. The van der Waals surface area contributed by atoms with Gasteiger partial charge in [0.1, 0.15) is 6.04 Å². The van der Waals surface area contributed by atoms with Crippen molar-refractivity contribution < 1.29 is 19.1 Å². The van der Waals surface area contributed by atoms with E-state index >= 15 is 0 Å². The zero-order chi connectivity index (χ0) is 22.2. The van der Waals surface area contributed by atoms with Crippen molar-refractivity contribution in [3.8, 4) is 11.5 Å². The van der Waals surface area contributed by atoms with Gasteiger partial charge in [0.05, 0.1) is 7.11 Å². The van der Waals surface area contributed by atoms with Crippen molar-refractivity contribution in [2.24, 2.45) is 0 Å². The van der Waals surface area contributed by atoms with Gasteiger partial charge >= 0.3 is 0 Å². The standard InChI is InChI=1S/C25H32N2O4/c1-18-12-14-20(15-13-18)16-27(19(2)25(29)26-21-8-4-5-9-21)24(28)17-31-23-11-7-6-10-22(23)30-3/h6-7,10-15,19,21H,4-5,8-9,16-17H2,1-3H3,(H,26,29). The topological polar surface area (TPSA) is 67.9 Å². The molecule has 0 aliphatic heterocycles. The minimum atomic E-state index is -0.601. The summed E-state index contributed by atoms with van der Waals surface area (Å²) < 4.78 is 11.0. The van der Waals surface area contributed by atoms with E-state index in [1.807, 2.05) is 43.3 Å². The smallest absolute Gasteiger partial charge is 0.261 e. The highest BCUT2D eigenvalue weighted by molar-refractivity contribution is 5.88. The Balaban J connectivity index is 1.72. The zero-order valence-corrected chi connectivity index (χ0v) is 18.6. The minimum absolute atomic E-state index is 0.121. The lowest BCUT2D eigenvalue weighted by Crippen LogP contribution is -2.50. The van der Waals surface area contributed by atoms with E-state index in [4.69, 9.17) is 9.47 Å². The Morgan fingerprint density at radius 1 is 1.06 bits per heavy atom. The fourth-order valence-corrected chi connectivity index (χ4v) is 3.83. The first-order valence-electron chi connectivity index (χ1n) is 10.9. The maximum atomic E-state index is 13.2. The Kier molecular flexibility index (Phi) is 7.93. The third-order valence-corrected chi connectivity index (χ3v) is 5.76. The van der Waals surface area contributed by atoms with Crippen molar-refractivity contribution in [1.82, 2.24) is 10.2 Å². The van der Waals surface area contributed by atoms with Gasteiger partial charge in [0.25, 0.3) is 5.91 Å². The van der Waals surface area contributed by atoms with E-state index in [9.17, 15) is 9.59 Å². The van der Waals surface area contributed by atoms with Crippen LogP contribution in [0.1, 0.15) is 43.7 Å². The zero-order valence-electron chi connectivity index (χ0n) is 18.6. The minimum Gasteiger partial charge on any atom is -0.493 e. The van der Waals surface area contributed by atoms with Crippen LogP contribution in [0.15, 0.2) is 48.5 Å². The fourth-order valence-electron chi connectivity index (χ4n) is 3.83. The van der Waals surface area contributed by atoms with E-state index in [0.29, 0.717) is 18.0 Å². The molecule has 0 spiro atoms. The molecule has 31 heavy (non-hydrogen) atoms. The van der Waals surface area contributed by atoms with Crippen LogP contribution in [-0.2, 0) is 16.1 Å². The average Bonchev–Trinajstić information content (AvgIpc) is 3.29. The highest BCUT2D eigenvalue weighted by Gasteiger charge is 2.28. The molecule has 1 aliphatic rings. The molecule has 0 saturated heterocycles. The molecule has 3 rings (SSSR count). The number of para-hydroxylation sites is 2. The summed E-state index contributed by atoms with van der Waals surface area (Å²) in [5.74, 6) is 0.689. The number of aryl methyl sites for hydroxylation is 1. The molecule has 166 valence electrons. The monoisotopic (exact) mass is 424 g/mol. The van der Waals surface area contributed by atoms with Gasteiger partial charge in [-0.3, -0.25) is 9.59 Å². The quantitative estimate of drug-likeness (QED) is 0.664. The van der Waals surface area contributed by atoms with Crippen LogP contribution in [-0.4, -0.2) is 42.5 Å². The third-order valence-electron chi connectivity index (χ3n) is 5.76. The average molecular weight is 425 g/mol. The molecule has 0 heterocycles. The Bertz CT molecular complexity index is 875. The molecule has 1 atom stereocenters. The molecule has 2 amide bonds. The first-order valence-corrected chi connectivity index (χ1v) is 10.9. The number of methoxy groups -OCH3 is 1. The number of nitrogens with zero attached hydrogens (tertiary/aromatic N) is 1. The number of hydrogen-bond donors (Lipinski definition) is 1. The Labute approximate surface area is 184 Å². The molecule has 6 heteroatoms. The number of nitrogens with one attached hydrogen (secondary N) is 1. The van der Waals surface area contributed by atoms with Crippen molar-refractivity contribution in [3.63, 3.8) is 0 Å². The van der Waals surface area contributed by atoms with Gasteiger partial charge in [-0.25, -0.2) is 0 Å². The van der Waals surface area contributed by atoms with E-state index in [1.165, 1.54) is 0 Å². The summed E-state index contributed by atoms with van der Waals surface area (Å²) in [6, 6.07) is 14.8. The van der Waals surface area contributed by atoms with E-state index < -0.39 is 6.04 Å². The van der Waals surface area contributed by atoms with Crippen LogP contribution in [0.5, 0.6) is 11.5 Å². The fraction of sp³-hybridized carbons (Fsp3) is 0.440. The van der Waals surface area contributed by atoms with Gasteiger partial charge in [0.15, 0.2) is 18.1 Å². The molecule has 1 N–H and O–H groups in total. The molecular formula is C25H32N2O4. The highest BCUT2D eigenvalue weighted by atomic mass is 16.5. The Morgan fingerprint density at radius 3 is 2.35 bits per heavy atom. The van der Waals surface area contributed by atoms with Gasteiger partial charge < -0.3 is 19.7 Å². The number of carbonyl (C=O) groups is 2. The van der Waals surface area contributed by atoms with Crippen LogP contribution in [0, 0.1) is 6.92 Å². The van der Waals surface area contributed by atoms with Gasteiger partial charge in [-0.05, 0) is 44.4 Å². The molecule has 1 unspecified atom stereocenters. The SMILES string of the molecule is COc1ccccc1OCC(=O)N(Cc1ccc(C)cc1)C(C)C(=O)NC1CCCC1. The van der Waals surface area contributed by atoms with Crippen molar-refractivity contribution in [3.05, 3.63) is 59.7 Å². The summed E-state index contributed by atoms with van der Waals surface area (Å²) in [5.41, 5.74) is 2.12. The molecule has 1 aliphatic carbocycles. The number of amides is 2. The molecule has 0 radical (unpaired) electrons. The van der Waals surface area contributed by atoms with Crippen LogP contribution in [0.25, 0.3) is 0 Å². The molecular weight excluding hydrogens is 392 g/mol. The van der Waals surface area contributed by atoms with E-state index in [1.54, 1.807) is 31.1 Å². The van der Waals surface area contributed by atoms with Gasteiger partial charge in [-0.1, -0.05) is 54.8 Å². The lowest BCUT2D eigenvalue weighted by molar-refractivity contribution is -0.142. The molecule has 0 aromatic heterocycles.